The fraction of sp³-hybridized carbons (Fsp3) is 0.316. The largest absolute Gasteiger partial charge is 0.335 e. The molecule has 0 saturated heterocycles. The van der Waals surface area contributed by atoms with Crippen LogP contribution in [0.5, 0.6) is 0 Å². The van der Waals surface area contributed by atoms with E-state index in [2.05, 4.69) is 4.72 Å². The van der Waals surface area contributed by atoms with Crippen molar-refractivity contribution in [2.24, 2.45) is 0 Å². The van der Waals surface area contributed by atoms with Gasteiger partial charge >= 0.3 is 0 Å². The number of rotatable bonds is 6. The molecule has 2 aromatic rings. The van der Waals surface area contributed by atoms with E-state index in [0.717, 1.165) is 11.1 Å². The first-order valence-corrected chi connectivity index (χ1v) is 9.68. The molecule has 1 amide bonds. The zero-order valence-electron chi connectivity index (χ0n) is 15.0. The van der Waals surface area contributed by atoms with E-state index < -0.39 is 10.0 Å². The lowest BCUT2D eigenvalue weighted by molar-refractivity contribution is 0.0742. The summed E-state index contributed by atoms with van der Waals surface area (Å²) in [7, 11) is -1.87. The van der Waals surface area contributed by atoms with E-state index in [4.69, 9.17) is 0 Å². The number of carbonyl (C=O) groups is 1. The summed E-state index contributed by atoms with van der Waals surface area (Å²) >= 11 is 0. The number of amides is 1. The maximum Gasteiger partial charge on any atom is 0.254 e. The molecule has 0 bridgehead atoms. The SMILES string of the molecule is CCNS(=O)(=O)c1cccc(C(=O)N(C)C(C)c2ccc(C)cc2)c1. The molecule has 0 aliphatic carbocycles. The molecular formula is C19H24N2O3S. The Hall–Kier alpha value is -2.18. The van der Waals surface area contributed by atoms with E-state index in [1.807, 2.05) is 38.1 Å². The highest BCUT2D eigenvalue weighted by atomic mass is 32.2. The number of sulfonamides is 1. The predicted octanol–water partition coefficient (Wildman–Crippen LogP) is 3.13. The third kappa shape index (κ3) is 4.46. The Bertz CT molecular complexity index is 845. The molecule has 0 radical (unpaired) electrons. The standard InChI is InChI=1S/C19H24N2O3S/c1-5-20-25(23,24)18-8-6-7-17(13-18)19(22)21(4)15(3)16-11-9-14(2)10-12-16/h6-13,15,20H,5H2,1-4H3. The second-order valence-electron chi connectivity index (χ2n) is 6.03. The lowest BCUT2D eigenvalue weighted by Gasteiger charge is -2.25. The van der Waals surface area contributed by atoms with Crippen molar-refractivity contribution in [3.05, 3.63) is 65.2 Å². The maximum atomic E-state index is 12.8. The fourth-order valence-corrected chi connectivity index (χ4v) is 3.60. The lowest BCUT2D eigenvalue weighted by Crippen LogP contribution is -2.30. The van der Waals surface area contributed by atoms with Gasteiger partial charge in [-0.3, -0.25) is 4.79 Å². The Labute approximate surface area is 149 Å². The van der Waals surface area contributed by atoms with Crippen LogP contribution in [0.25, 0.3) is 0 Å². The molecule has 0 heterocycles. The highest BCUT2D eigenvalue weighted by Gasteiger charge is 2.21. The number of hydrogen-bond acceptors (Lipinski definition) is 3. The van der Waals surface area contributed by atoms with Crippen molar-refractivity contribution in [3.8, 4) is 0 Å². The Morgan fingerprint density at radius 2 is 1.80 bits per heavy atom. The van der Waals surface area contributed by atoms with Gasteiger partial charge in [0.05, 0.1) is 10.9 Å². The molecule has 25 heavy (non-hydrogen) atoms. The van der Waals surface area contributed by atoms with E-state index in [-0.39, 0.29) is 16.8 Å². The summed E-state index contributed by atoms with van der Waals surface area (Å²) in [5, 5.41) is 0. The summed E-state index contributed by atoms with van der Waals surface area (Å²) in [5.74, 6) is -0.221. The molecular weight excluding hydrogens is 336 g/mol. The zero-order chi connectivity index (χ0) is 18.6. The number of benzene rings is 2. The van der Waals surface area contributed by atoms with E-state index in [0.29, 0.717) is 12.1 Å². The second kappa shape index (κ2) is 7.80. The molecule has 0 spiro atoms. The van der Waals surface area contributed by atoms with Gasteiger partial charge in [-0.1, -0.05) is 42.8 Å². The minimum Gasteiger partial charge on any atom is -0.335 e. The summed E-state index contributed by atoms with van der Waals surface area (Å²) in [6.07, 6.45) is 0. The molecule has 2 aromatic carbocycles. The van der Waals surface area contributed by atoms with Crippen molar-refractivity contribution in [2.75, 3.05) is 13.6 Å². The molecule has 1 unspecified atom stereocenters. The first-order chi connectivity index (χ1) is 11.8. The van der Waals surface area contributed by atoms with Crippen LogP contribution in [0.1, 0.15) is 41.4 Å². The van der Waals surface area contributed by atoms with Crippen molar-refractivity contribution in [3.63, 3.8) is 0 Å². The highest BCUT2D eigenvalue weighted by Crippen LogP contribution is 2.22. The third-order valence-electron chi connectivity index (χ3n) is 4.19. The molecule has 1 N–H and O–H groups in total. The van der Waals surface area contributed by atoms with Gasteiger partial charge in [0.1, 0.15) is 0 Å². The Balaban J connectivity index is 2.26. The quantitative estimate of drug-likeness (QED) is 0.861. The van der Waals surface area contributed by atoms with Crippen LogP contribution in [0.3, 0.4) is 0 Å². The number of nitrogens with zero attached hydrogens (tertiary/aromatic N) is 1. The van der Waals surface area contributed by atoms with Gasteiger partial charge in [-0.25, -0.2) is 13.1 Å². The molecule has 0 fully saturated rings. The summed E-state index contributed by atoms with van der Waals surface area (Å²) in [5.41, 5.74) is 2.53. The Morgan fingerprint density at radius 1 is 1.16 bits per heavy atom. The van der Waals surface area contributed by atoms with Gasteiger partial charge in [-0.05, 0) is 37.6 Å². The van der Waals surface area contributed by atoms with Crippen LogP contribution in [0, 0.1) is 6.92 Å². The van der Waals surface area contributed by atoms with Crippen molar-refractivity contribution in [2.45, 2.75) is 31.7 Å². The normalized spacial score (nSPS) is 12.6. The second-order valence-corrected chi connectivity index (χ2v) is 7.80. The Morgan fingerprint density at radius 3 is 2.40 bits per heavy atom. The first-order valence-electron chi connectivity index (χ1n) is 8.19. The highest BCUT2D eigenvalue weighted by molar-refractivity contribution is 7.89. The van der Waals surface area contributed by atoms with Crippen LogP contribution < -0.4 is 4.72 Å². The van der Waals surface area contributed by atoms with Crippen molar-refractivity contribution < 1.29 is 13.2 Å². The maximum absolute atomic E-state index is 12.8. The zero-order valence-corrected chi connectivity index (χ0v) is 15.8. The minimum atomic E-state index is -3.59. The monoisotopic (exact) mass is 360 g/mol. The van der Waals surface area contributed by atoms with Crippen LogP contribution in [0.15, 0.2) is 53.4 Å². The van der Waals surface area contributed by atoms with E-state index in [1.54, 1.807) is 31.0 Å². The molecule has 6 heteroatoms. The van der Waals surface area contributed by atoms with Crippen LogP contribution in [0.2, 0.25) is 0 Å². The molecule has 0 saturated carbocycles. The molecule has 1 atom stereocenters. The molecule has 2 rings (SSSR count). The summed E-state index contributed by atoms with van der Waals surface area (Å²) in [6.45, 7) is 5.97. The molecule has 0 aliphatic heterocycles. The topological polar surface area (TPSA) is 66.5 Å². The van der Waals surface area contributed by atoms with Gasteiger partial charge in [0, 0.05) is 19.2 Å². The number of carbonyl (C=O) groups excluding carboxylic acids is 1. The van der Waals surface area contributed by atoms with Gasteiger partial charge in [0.15, 0.2) is 0 Å². The van der Waals surface area contributed by atoms with Crippen LogP contribution in [-0.4, -0.2) is 32.8 Å². The van der Waals surface area contributed by atoms with Crippen LogP contribution >= 0.6 is 0 Å². The fourth-order valence-electron chi connectivity index (χ4n) is 2.52. The lowest BCUT2D eigenvalue weighted by atomic mass is 10.0. The molecule has 5 nitrogen and oxygen atoms in total. The van der Waals surface area contributed by atoms with Crippen LogP contribution in [0.4, 0.5) is 0 Å². The average Bonchev–Trinajstić information content (AvgIpc) is 2.60. The Kier molecular flexibility index (Phi) is 5.98. The van der Waals surface area contributed by atoms with Gasteiger partial charge in [-0.2, -0.15) is 0 Å². The van der Waals surface area contributed by atoms with E-state index in [9.17, 15) is 13.2 Å². The van der Waals surface area contributed by atoms with Gasteiger partial charge in [0.2, 0.25) is 10.0 Å². The van der Waals surface area contributed by atoms with Crippen LogP contribution in [-0.2, 0) is 10.0 Å². The molecule has 134 valence electrons. The van der Waals surface area contributed by atoms with Crippen molar-refractivity contribution in [1.29, 1.82) is 0 Å². The third-order valence-corrected chi connectivity index (χ3v) is 5.73. The number of hydrogen-bond donors (Lipinski definition) is 1. The number of nitrogens with one attached hydrogen (secondary N) is 1. The summed E-state index contributed by atoms with van der Waals surface area (Å²) < 4.78 is 26.7. The average molecular weight is 360 g/mol. The van der Waals surface area contributed by atoms with Gasteiger partial charge < -0.3 is 4.90 Å². The summed E-state index contributed by atoms with van der Waals surface area (Å²) in [6, 6.07) is 14.0. The van der Waals surface area contributed by atoms with E-state index >= 15 is 0 Å². The van der Waals surface area contributed by atoms with Crippen molar-refractivity contribution in [1.82, 2.24) is 9.62 Å². The number of aryl methyl sites for hydroxylation is 1. The van der Waals surface area contributed by atoms with Gasteiger partial charge in [0.25, 0.3) is 5.91 Å². The summed E-state index contributed by atoms with van der Waals surface area (Å²) in [4.78, 5) is 14.5. The van der Waals surface area contributed by atoms with Gasteiger partial charge in [-0.15, -0.1) is 0 Å². The first kappa shape index (κ1) is 19.1. The van der Waals surface area contributed by atoms with E-state index in [1.165, 1.54) is 12.1 Å². The molecule has 0 aromatic heterocycles. The smallest absolute Gasteiger partial charge is 0.254 e. The minimum absolute atomic E-state index is 0.0941. The molecule has 0 aliphatic rings. The van der Waals surface area contributed by atoms with Crippen molar-refractivity contribution >= 4 is 15.9 Å². The predicted molar refractivity (Wildman–Crippen MR) is 99.0 cm³/mol.